The summed E-state index contributed by atoms with van der Waals surface area (Å²) in [6.45, 7) is 5.70. The van der Waals surface area contributed by atoms with Crippen molar-refractivity contribution < 1.29 is 4.79 Å². The number of unbranched alkanes of at least 4 members (excludes halogenated alkanes) is 1. The standard InChI is InChI=1S/C17H33N3O/c1-2-3-11-20-12-7-15(8-13-20)19-16(21)14-17(18)9-5-4-6-10-17/h15H,2-14,18H2,1H3,(H,19,21). The molecular formula is C17H33N3O. The van der Waals surface area contributed by atoms with E-state index in [0.717, 1.165) is 38.8 Å². The molecular weight excluding hydrogens is 262 g/mol. The summed E-state index contributed by atoms with van der Waals surface area (Å²) in [6, 6.07) is 0.363. The molecule has 0 aromatic heterocycles. The molecule has 1 heterocycles. The Morgan fingerprint density at radius 3 is 2.52 bits per heavy atom. The molecule has 2 rings (SSSR count). The summed E-state index contributed by atoms with van der Waals surface area (Å²) in [5, 5.41) is 3.22. The van der Waals surface area contributed by atoms with Crippen LogP contribution in [0.25, 0.3) is 0 Å². The molecule has 122 valence electrons. The van der Waals surface area contributed by atoms with E-state index in [0.29, 0.717) is 12.5 Å². The van der Waals surface area contributed by atoms with E-state index >= 15 is 0 Å². The Hall–Kier alpha value is -0.610. The van der Waals surface area contributed by atoms with E-state index in [2.05, 4.69) is 17.1 Å². The molecule has 0 atom stereocenters. The smallest absolute Gasteiger partial charge is 0.222 e. The molecule has 0 aromatic carbocycles. The van der Waals surface area contributed by atoms with Crippen molar-refractivity contribution in [2.24, 2.45) is 5.73 Å². The maximum absolute atomic E-state index is 12.2. The van der Waals surface area contributed by atoms with Gasteiger partial charge in [0, 0.05) is 31.1 Å². The van der Waals surface area contributed by atoms with Crippen LogP contribution >= 0.6 is 0 Å². The number of nitrogens with two attached hydrogens (primary N) is 1. The van der Waals surface area contributed by atoms with Gasteiger partial charge in [0.15, 0.2) is 0 Å². The van der Waals surface area contributed by atoms with Crippen molar-refractivity contribution in [3.8, 4) is 0 Å². The molecule has 1 saturated carbocycles. The lowest BCUT2D eigenvalue weighted by Crippen LogP contribution is -2.49. The fourth-order valence-electron chi connectivity index (χ4n) is 3.71. The van der Waals surface area contributed by atoms with E-state index in [1.54, 1.807) is 0 Å². The van der Waals surface area contributed by atoms with Crippen molar-refractivity contribution in [1.82, 2.24) is 10.2 Å². The van der Waals surface area contributed by atoms with Gasteiger partial charge in [0.2, 0.25) is 5.91 Å². The quantitative estimate of drug-likeness (QED) is 0.791. The molecule has 2 fully saturated rings. The van der Waals surface area contributed by atoms with E-state index in [4.69, 9.17) is 5.73 Å². The first-order valence-corrected chi connectivity index (χ1v) is 8.92. The molecule has 1 aliphatic heterocycles. The second-order valence-electron chi connectivity index (χ2n) is 7.14. The van der Waals surface area contributed by atoms with Gasteiger partial charge < -0.3 is 16.0 Å². The highest BCUT2D eigenvalue weighted by molar-refractivity contribution is 5.77. The van der Waals surface area contributed by atoms with E-state index in [1.807, 2.05) is 0 Å². The molecule has 0 unspecified atom stereocenters. The zero-order valence-corrected chi connectivity index (χ0v) is 13.7. The van der Waals surface area contributed by atoms with E-state index in [-0.39, 0.29) is 11.4 Å². The number of nitrogens with zero attached hydrogens (tertiary/aromatic N) is 1. The molecule has 0 radical (unpaired) electrons. The Morgan fingerprint density at radius 2 is 1.90 bits per heavy atom. The van der Waals surface area contributed by atoms with E-state index in [1.165, 1.54) is 38.6 Å². The summed E-state index contributed by atoms with van der Waals surface area (Å²) in [5.74, 6) is 0.173. The van der Waals surface area contributed by atoms with Gasteiger partial charge in [0.1, 0.15) is 0 Å². The fourth-order valence-corrected chi connectivity index (χ4v) is 3.71. The van der Waals surface area contributed by atoms with Gasteiger partial charge in [0.05, 0.1) is 0 Å². The van der Waals surface area contributed by atoms with Crippen molar-refractivity contribution in [2.75, 3.05) is 19.6 Å². The highest BCUT2D eigenvalue weighted by Gasteiger charge is 2.31. The normalized spacial score (nSPS) is 23.9. The topological polar surface area (TPSA) is 58.4 Å². The van der Waals surface area contributed by atoms with Crippen LogP contribution in [0.5, 0.6) is 0 Å². The van der Waals surface area contributed by atoms with Gasteiger partial charge in [-0.2, -0.15) is 0 Å². The van der Waals surface area contributed by atoms with Crippen molar-refractivity contribution >= 4 is 5.91 Å². The minimum Gasteiger partial charge on any atom is -0.353 e. The summed E-state index contributed by atoms with van der Waals surface area (Å²) < 4.78 is 0. The highest BCUT2D eigenvalue weighted by Crippen LogP contribution is 2.28. The Labute approximate surface area is 129 Å². The summed E-state index contributed by atoms with van der Waals surface area (Å²) in [6.07, 6.45) is 10.9. The monoisotopic (exact) mass is 295 g/mol. The highest BCUT2D eigenvalue weighted by atomic mass is 16.1. The number of amides is 1. The van der Waals surface area contributed by atoms with Crippen molar-refractivity contribution in [3.63, 3.8) is 0 Å². The lowest BCUT2D eigenvalue weighted by molar-refractivity contribution is -0.123. The first-order chi connectivity index (χ1) is 10.1. The van der Waals surface area contributed by atoms with Crippen LogP contribution in [-0.4, -0.2) is 42.0 Å². The third kappa shape index (κ3) is 5.59. The van der Waals surface area contributed by atoms with Crippen LogP contribution in [0.1, 0.15) is 71.1 Å². The Balaban J connectivity index is 1.67. The third-order valence-corrected chi connectivity index (χ3v) is 5.14. The van der Waals surface area contributed by atoms with Gasteiger partial charge in [0.25, 0.3) is 0 Å². The molecule has 21 heavy (non-hydrogen) atoms. The fraction of sp³-hybridized carbons (Fsp3) is 0.941. The first-order valence-electron chi connectivity index (χ1n) is 8.92. The number of likely N-dealkylation sites (tertiary alicyclic amines) is 1. The third-order valence-electron chi connectivity index (χ3n) is 5.14. The molecule has 4 heteroatoms. The van der Waals surface area contributed by atoms with Crippen molar-refractivity contribution in [3.05, 3.63) is 0 Å². The number of hydrogen-bond donors (Lipinski definition) is 2. The van der Waals surface area contributed by atoms with Gasteiger partial charge >= 0.3 is 0 Å². The van der Waals surface area contributed by atoms with E-state index < -0.39 is 0 Å². The Morgan fingerprint density at radius 1 is 1.24 bits per heavy atom. The average Bonchev–Trinajstić information content (AvgIpc) is 2.46. The minimum absolute atomic E-state index is 0.173. The van der Waals surface area contributed by atoms with Gasteiger partial charge in [-0.25, -0.2) is 0 Å². The van der Waals surface area contributed by atoms with Crippen molar-refractivity contribution in [2.45, 2.75) is 82.7 Å². The number of rotatable bonds is 6. The molecule has 0 aromatic rings. The summed E-state index contributed by atoms with van der Waals surface area (Å²) in [4.78, 5) is 14.8. The molecule has 3 N–H and O–H groups in total. The zero-order chi connectivity index (χ0) is 15.1. The predicted molar refractivity (Wildman–Crippen MR) is 87.1 cm³/mol. The van der Waals surface area contributed by atoms with Crippen LogP contribution in [0, 0.1) is 0 Å². The number of carbonyl (C=O) groups is 1. The summed E-state index contributed by atoms with van der Waals surface area (Å²) >= 11 is 0. The van der Waals surface area contributed by atoms with E-state index in [9.17, 15) is 4.79 Å². The molecule has 2 aliphatic rings. The maximum Gasteiger partial charge on any atom is 0.222 e. The number of nitrogens with one attached hydrogen (secondary N) is 1. The van der Waals surface area contributed by atoms with Crippen LogP contribution in [0.2, 0.25) is 0 Å². The number of carbonyl (C=O) groups excluding carboxylic acids is 1. The molecule has 1 saturated heterocycles. The summed E-state index contributed by atoms with van der Waals surface area (Å²) in [5.41, 5.74) is 6.14. The molecule has 4 nitrogen and oxygen atoms in total. The Kier molecular flexibility index (Phi) is 6.49. The SMILES string of the molecule is CCCCN1CCC(NC(=O)CC2(N)CCCCC2)CC1. The largest absolute Gasteiger partial charge is 0.353 e. The molecule has 1 aliphatic carbocycles. The maximum atomic E-state index is 12.2. The number of hydrogen-bond acceptors (Lipinski definition) is 3. The van der Waals surface area contributed by atoms with Crippen LogP contribution in [0.15, 0.2) is 0 Å². The van der Waals surface area contributed by atoms with Gasteiger partial charge in [-0.1, -0.05) is 32.6 Å². The van der Waals surface area contributed by atoms with Gasteiger partial charge in [-0.15, -0.1) is 0 Å². The second-order valence-corrected chi connectivity index (χ2v) is 7.14. The zero-order valence-electron chi connectivity index (χ0n) is 13.7. The lowest BCUT2D eigenvalue weighted by atomic mass is 9.80. The lowest BCUT2D eigenvalue weighted by Gasteiger charge is -2.35. The Bertz CT molecular complexity index is 318. The van der Waals surface area contributed by atoms with Crippen LogP contribution in [0.4, 0.5) is 0 Å². The number of piperidine rings is 1. The average molecular weight is 295 g/mol. The van der Waals surface area contributed by atoms with Crippen molar-refractivity contribution in [1.29, 1.82) is 0 Å². The van der Waals surface area contributed by atoms with Gasteiger partial charge in [-0.3, -0.25) is 4.79 Å². The summed E-state index contributed by atoms with van der Waals surface area (Å²) in [7, 11) is 0. The van der Waals surface area contributed by atoms with Gasteiger partial charge in [-0.05, 0) is 38.6 Å². The second kappa shape index (κ2) is 8.14. The molecule has 1 amide bonds. The predicted octanol–water partition coefficient (Wildman–Crippen LogP) is 2.42. The molecule has 0 bridgehead atoms. The van der Waals surface area contributed by atoms with Crippen LogP contribution < -0.4 is 11.1 Å². The molecule has 0 spiro atoms. The minimum atomic E-state index is -0.232. The van der Waals surface area contributed by atoms with Crippen LogP contribution in [0.3, 0.4) is 0 Å². The first kappa shape index (κ1) is 16.8. The van der Waals surface area contributed by atoms with Crippen LogP contribution in [-0.2, 0) is 4.79 Å².